The van der Waals surface area contributed by atoms with Crippen molar-refractivity contribution in [3.8, 4) is 0 Å². The smallest absolute Gasteiger partial charge is 0.413 e. The number of nitrogens with zero attached hydrogens (tertiary/aromatic N) is 1. The predicted molar refractivity (Wildman–Crippen MR) is 76.7 cm³/mol. The van der Waals surface area contributed by atoms with Gasteiger partial charge in [0, 0.05) is 0 Å². The highest BCUT2D eigenvalue weighted by molar-refractivity contribution is 8.13. The minimum absolute atomic E-state index is 0.0713. The zero-order valence-electron chi connectivity index (χ0n) is 12.0. The third-order valence-electron chi connectivity index (χ3n) is 1.72. The van der Waals surface area contributed by atoms with Crippen molar-refractivity contribution >= 4 is 34.8 Å². The minimum Gasteiger partial charge on any atom is -0.475 e. The van der Waals surface area contributed by atoms with Crippen LogP contribution in [0.2, 0.25) is 0 Å². The van der Waals surface area contributed by atoms with Crippen LogP contribution in [0, 0.1) is 0 Å². The third kappa shape index (κ3) is 6.93. The number of aliphatic imine (C=N–C) groups is 1. The van der Waals surface area contributed by atoms with Crippen molar-refractivity contribution in [2.45, 2.75) is 33.3 Å². The summed E-state index contributed by atoms with van der Waals surface area (Å²) in [6, 6.07) is 0. The van der Waals surface area contributed by atoms with E-state index in [1.807, 2.05) is 0 Å². The van der Waals surface area contributed by atoms with Gasteiger partial charge in [-0.1, -0.05) is 17.8 Å². The van der Waals surface area contributed by atoms with Gasteiger partial charge in [0.25, 0.3) is 5.78 Å². The molecule has 20 heavy (non-hydrogen) atoms. The number of carbonyl (C=O) groups is 3. The van der Waals surface area contributed by atoms with Crippen molar-refractivity contribution in [1.29, 1.82) is 0 Å². The summed E-state index contributed by atoms with van der Waals surface area (Å²) >= 11 is 1.05. The monoisotopic (exact) mass is 302 g/mol. The maximum atomic E-state index is 11.6. The number of alkyl carbamates (subject to hydrolysis) is 1. The van der Waals surface area contributed by atoms with Gasteiger partial charge in [0.15, 0.2) is 5.17 Å². The molecule has 0 radical (unpaired) electrons. The van der Waals surface area contributed by atoms with Gasteiger partial charge in [-0.3, -0.25) is 10.1 Å². The topological polar surface area (TPSA) is 105 Å². The van der Waals surface area contributed by atoms with Crippen LogP contribution >= 0.6 is 11.8 Å². The Morgan fingerprint density at radius 1 is 1.30 bits per heavy atom. The number of carboxylic acids is 1. The molecule has 0 aromatic carbocycles. The van der Waals surface area contributed by atoms with E-state index >= 15 is 0 Å². The second kappa shape index (κ2) is 7.68. The number of hydrogen-bond donors (Lipinski definition) is 2. The largest absolute Gasteiger partial charge is 0.475 e. The maximum absolute atomic E-state index is 11.6. The van der Waals surface area contributed by atoms with Crippen LogP contribution in [0.5, 0.6) is 0 Å². The van der Waals surface area contributed by atoms with Gasteiger partial charge in [-0.25, -0.2) is 14.6 Å². The van der Waals surface area contributed by atoms with Crippen molar-refractivity contribution in [3.63, 3.8) is 0 Å². The van der Waals surface area contributed by atoms with Crippen molar-refractivity contribution < 1.29 is 24.2 Å². The normalized spacial score (nSPS) is 12.8. The zero-order valence-corrected chi connectivity index (χ0v) is 12.8. The molecule has 0 aliphatic carbocycles. The summed E-state index contributed by atoms with van der Waals surface area (Å²) in [5.74, 6) is -2.76. The second-order valence-corrected chi connectivity index (χ2v) is 5.35. The van der Waals surface area contributed by atoms with Crippen molar-refractivity contribution in [3.05, 3.63) is 11.8 Å². The van der Waals surface area contributed by atoms with E-state index in [1.54, 1.807) is 27.0 Å². The summed E-state index contributed by atoms with van der Waals surface area (Å²) in [5.41, 5.74) is -0.939. The summed E-state index contributed by atoms with van der Waals surface area (Å²) in [6.45, 7) is 6.58. The van der Waals surface area contributed by atoms with Crippen LogP contribution in [0.15, 0.2) is 16.8 Å². The number of ketones is 1. The first-order chi connectivity index (χ1) is 9.10. The van der Waals surface area contributed by atoms with Crippen LogP contribution in [0.3, 0.4) is 0 Å². The number of carboxylic acid groups (broad SMARTS) is 1. The number of allylic oxidation sites excluding steroid dienone is 1. The summed E-state index contributed by atoms with van der Waals surface area (Å²) in [6.07, 6.45) is 2.14. The van der Waals surface area contributed by atoms with Gasteiger partial charge >= 0.3 is 12.1 Å². The SMILES string of the molecule is C/C=C(/N=C(NC(=O)OC(C)(C)C)SC)C(=O)C(=O)O. The Balaban J connectivity index is 4.99. The minimum atomic E-state index is -1.61. The van der Waals surface area contributed by atoms with Crippen LogP contribution in [-0.4, -0.2) is 40.0 Å². The number of ether oxygens (including phenoxy) is 1. The molecule has 0 atom stereocenters. The summed E-state index contributed by atoms with van der Waals surface area (Å²) in [7, 11) is 0. The quantitative estimate of drug-likeness (QED) is 0.356. The Bertz CT molecular complexity index is 463. The van der Waals surface area contributed by atoms with Gasteiger partial charge in [-0.15, -0.1) is 0 Å². The number of aliphatic carboxylic acids is 1. The zero-order chi connectivity index (χ0) is 15.9. The molecule has 1 amide bonds. The lowest BCUT2D eigenvalue weighted by Crippen LogP contribution is -2.35. The average Bonchev–Trinajstić information content (AvgIpc) is 2.30. The molecule has 112 valence electrons. The third-order valence-corrected chi connectivity index (χ3v) is 2.30. The molecule has 0 unspecified atom stereocenters. The van der Waals surface area contributed by atoms with Gasteiger partial charge in [0.1, 0.15) is 11.3 Å². The first-order valence-corrected chi connectivity index (χ1v) is 6.89. The Kier molecular flexibility index (Phi) is 6.98. The van der Waals surface area contributed by atoms with Crippen molar-refractivity contribution in [2.75, 3.05) is 6.26 Å². The number of carbonyl (C=O) groups excluding carboxylic acids is 2. The van der Waals surface area contributed by atoms with Crippen molar-refractivity contribution in [2.24, 2.45) is 4.99 Å². The first-order valence-electron chi connectivity index (χ1n) is 5.67. The average molecular weight is 302 g/mol. The number of amidine groups is 1. The van der Waals surface area contributed by atoms with Gasteiger partial charge in [0.2, 0.25) is 0 Å². The van der Waals surface area contributed by atoms with Gasteiger partial charge in [0.05, 0.1) is 0 Å². The summed E-state index contributed by atoms with van der Waals surface area (Å²) < 4.78 is 5.03. The summed E-state index contributed by atoms with van der Waals surface area (Å²) in [5, 5.41) is 11.0. The lowest BCUT2D eigenvalue weighted by atomic mass is 10.2. The Morgan fingerprint density at radius 3 is 2.20 bits per heavy atom. The maximum Gasteiger partial charge on any atom is 0.413 e. The predicted octanol–water partition coefficient (Wildman–Crippen LogP) is 1.79. The van der Waals surface area contributed by atoms with Gasteiger partial charge in [-0.2, -0.15) is 0 Å². The Labute approximate surface area is 121 Å². The number of nitrogens with one attached hydrogen (secondary N) is 1. The number of Topliss-reactive ketones (excluding diaryl/α,β-unsaturated/α-hetero) is 1. The Morgan fingerprint density at radius 2 is 1.85 bits per heavy atom. The molecule has 0 aromatic rings. The van der Waals surface area contributed by atoms with E-state index in [4.69, 9.17) is 9.84 Å². The van der Waals surface area contributed by atoms with Crippen LogP contribution in [0.4, 0.5) is 4.79 Å². The highest BCUT2D eigenvalue weighted by atomic mass is 32.2. The van der Waals surface area contributed by atoms with Crippen LogP contribution in [0.25, 0.3) is 0 Å². The molecule has 8 heteroatoms. The molecule has 0 aliphatic heterocycles. The van der Waals surface area contributed by atoms with Gasteiger partial charge in [-0.05, 0) is 34.0 Å². The number of hydrogen-bond acceptors (Lipinski definition) is 6. The van der Waals surface area contributed by atoms with E-state index in [-0.39, 0.29) is 10.9 Å². The molecule has 0 aromatic heterocycles. The number of rotatable bonds is 3. The second-order valence-electron chi connectivity index (χ2n) is 4.56. The highest BCUT2D eigenvalue weighted by Crippen LogP contribution is 2.09. The van der Waals surface area contributed by atoms with E-state index < -0.39 is 23.4 Å². The molecule has 0 saturated carbocycles. The van der Waals surface area contributed by atoms with E-state index in [9.17, 15) is 14.4 Å². The highest BCUT2D eigenvalue weighted by Gasteiger charge is 2.20. The fraction of sp³-hybridized carbons (Fsp3) is 0.500. The van der Waals surface area contributed by atoms with E-state index in [0.29, 0.717) is 0 Å². The lowest BCUT2D eigenvalue weighted by Gasteiger charge is -2.19. The molecule has 0 fully saturated rings. The summed E-state index contributed by atoms with van der Waals surface area (Å²) in [4.78, 5) is 37.3. The lowest BCUT2D eigenvalue weighted by molar-refractivity contribution is -0.147. The molecule has 0 rings (SSSR count). The van der Waals surface area contributed by atoms with E-state index in [1.165, 1.54) is 13.0 Å². The molecule has 0 bridgehead atoms. The molecule has 0 saturated heterocycles. The van der Waals surface area contributed by atoms with Crippen LogP contribution in [-0.2, 0) is 14.3 Å². The first kappa shape index (κ1) is 18.2. The molecule has 0 heterocycles. The molecule has 2 N–H and O–H groups in total. The standard InChI is InChI=1S/C12H18N2O5S/c1-6-7(8(15)9(16)17)13-10(20-5)14-11(18)19-12(2,3)4/h6H,1-5H3,(H,16,17)(H,13,14,18)/b7-6+. The fourth-order valence-electron chi connectivity index (χ4n) is 0.981. The van der Waals surface area contributed by atoms with Crippen LogP contribution < -0.4 is 5.32 Å². The van der Waals surface area contributed by atoms with E-state index in [0.717, 1.165) is 11.8 Å². The number of amides is 1. The fourth-order valence-corrected chi connectivity index (χ4v) is 1.36. The molecule has 0 aliphatic rings. The molecule has 7 nitrogen and oxygen atoms in total. The molecule has 0 spiro atoms. The number of thioether (sulfide) groups is 1. The Hall–Kier alpha value is -1.83. The van der Waals surface area contributed by atoms with Gasteiger partial charge < -0.3 is 9.84 Å². The van der Waals surface area contributed by atoms with Crippen molar-refractivity contribution in [1.82, 2.24) is 5.32 Å². The van der Waals surface area contributed by atoms with Crippen LogP contribution in [0.1, 0.15) is 27.7 Å². The molecular weight excluding hydrogens is 284 g/mol. The van der Waals surface area contributed by atoms with E-state index in [2.05, 4.69) is 10.3 Å². The molecular formula is C12H18N2O5S.